The van der Waals surface area contributed by atoms with Crippen LogP contribution < -0.4 is 10.2 Å². The van der Waals surface area contributed by atoms with Crippen molar-refractivity contribution in [3.63, 3.8) is 0 Å². The number of furan rings is 1. The van der Waals surface area contributed by atoms with Gasteiger partial charge >= 0.3 is 0 Å². The molecule has 30 heavy (non-hydrogen) atoms. The number of fused-ring (bicyclic) bond motifs is 1. The van der Waals surface area contributed by atoms with Gasteiger partial charge in [-0.15, -0.1) is 0 Å². The second kappa shape index (κ2) is 8.46. The van der Waals surface area contributed by atoms with Gasteiger partial charge in [0.1, 0.15) is 5.82 Å². The highest BCUT2D eigenvalue weighted by Gasteiger charge is 2.27. The topological polar surface area (TPSA) is 71.3 Å². The second-order valence-corrected chi connectivity index (χ2v) is 8.44. The summed E-state index contributed by atoms with van der Waals surface area (Å²) in [5.74, 6) is 2.31. The molecule has 156 valence electrons. The molecule has 6 nitrogen and oxygen atoms in total. The molecule has 2 fully saturated rings. The van der Waals surface area contributed by atoms with E-state index in [2.05, 4.69) is 16.3 Å². The molecule has 0 radical (unpaired) electrons. The van der Waals surface area contributed by atoms with Crippen molar-refractivity contribution in [2.75, 3.05) is 11.4 Å². The van der Waals surface area contributed by atoms with Gasteiger partial charge in [0.25, 0.3) is 0 Å². The van der Waals surface area contributed by atoms with Gasteiger partial charge in [0, 0.05) is 30.4 Å². The molecule has 1 aromatic carbocycles. The predicted octanol–water partition coefficient (Wildman–Crippen LogP) is 4.70. The molecular weight excluding hydrogens is 376 g/mol. The van der Waals surface area contributed by atoms with Crippen molar-refractivity contribution in [2.45, 2.75) is 63.5 Å². The van der Waals surface area contributed by atoms with Crippen LogP contribution in [0.25, 0.3) is 22.5 Å². The molecule has 2 aliphatic rings. The number of anilines is 1. The minimum absolute atomic E-state index is 0.142. The third kappa shape index (κ3) is 4.18. The average Bonchev–Trinajstić information content (AvgIpc) is 3.42. The molecule has 2 saturated carbocycles. The number of rotatable bonds is 7. The molecule has 0 saturated heterocycles. The number of benzene rings is 1. The first-order valence-electron chi connectivity index (χ1n) is 11.1. The van der Waals surface area contributed by atoms with Crippen LogP contribution in [0, 0.1) is 0 Å². The number of nitrogens with one attached hydrogen (secondary N) is 1. The number of aromatic nitrogens is 2. The van der Waals surface area contributed by atoms with E-state index in [1.54, 1.807) is 6.26 Å². The molecule has 1 N–H and O–H groups in total. The molecule has 0 aliphatic heterocycles. The smallest absolute Gasteiger partial charge is 0.221 e. The lowest BCUT2D eigenvalue weighted by Crippen LogP contribution is -2.40. The molecule has 0 unspecified atom stereocenters. The van der Waals surface area contributed by atoms with E-state index in [0.29, 0.717) is 36.6 Å². The fourth-order valence-corrected chi connectivity index (χ4v) is 4.40. The molecule has 2 aliphatic carbocycles. The first kappa shape index (κ1) is 19.1. The number of para-hydroxylation sites is 1. The van der Waals surface area contributed by atoms with E-state index < -0.39 is 0 Å². The van der Waals surface area contributed by atoms with Crippen molar-refractivity contribution in [1.29, 1.82) is 0 Å². The van der Waals surface area contributed by atoms with Crippen molar-refractivity contribution in [3.05, 3.63) is 42.7 Å². The van der Waals surface area contributed by atoms with Crippen molar-refractivity contribution in [1.82, 2.24) is 15.3 Å². The summed E-state index contributed by atoms with van der Waals surface area (Å²) in [6.45, 7) is 0.668. The molecule has 1 amide bonds. The van der Waals surface area contributed by atoms with E-state index in [1.165, 1.54) is 19.3 Å². The van der Waals surface area contributed by atoms with Crippen LogP contribution in [0.2, 0.25) is 0 Å². The maximum Gasteiger partial charge on any atom is 0.221 e. The molecule has 0 bridgehead atoms. The Morgan fingerprint density at radius 2 is 1.87 bits per heavy atom. The number of amides is 1. The quantitative estimate of drug-likeness (QED) is 0.618. The van der Waals surface area contributed by atoms with Crippen LogP contribution in [0.5, 0.6) is 0 Å². The molecular formula is C24H28N4O2. The normalized spacial score (nSPS) is 17.2. The van der Waals surface area contributed by atoms with Crippen LogP contribution in [-0.4, -0.2) is 34.5 Å². The van der Waals surface area contributed by atoms with Crippen molar-refractivity contribution < 1.29 is 9.21 Å². The van der Waals surface area contributed by atoms with Crippen molar-refractivity contribution in [3.8, 4) is 11.6 Å². The van der Waals surface area contributed by atoms with Crippen molar-refractivity contribution >= 4 is 22.6 Å². The Bertz CT molecular complexity index is 1010. The number of nitrogens with zero attached hydrogens (tertiary/aromatic N) is 3. The predicted molar refractivity (Wildman–Crippen MR) is 117 cm³/mol. The second-order valence-electron chi connectivity index (χ2n) is 8.44. The zero-order chi connectivity index (χ0) is 20.3. The number of hydrogen-bond acceptors (Lipinski definition) is 5. The summed E-state index contributed by atoms with van der Waals surface area (Å²) in [6.07, 6.45) is 10.4. The van der Waals surface area contributed by atoms with Crippen LogP contribution >= 0.6 is 0 Å². The molecule has 2 heterocycles. The highest BCUT2D eigenvalue weighted by Crippen LogP contribution is 2.33. The van der Waals surface area contributed by atoms with Crippen LogP contribution in [0.15, 0.2) is 47.1 Å². The van der Waals surface area contributed by atoms with E-state index in [-0.39, 0.29) is 5.91 Å². The average molecular weight is 405 g/mol. The summed E-state index contributed by atoms with van der Waals surface area (Å²) in [5, 5.41) is 4.15. The summed E-state index contributed by atoms with van der Waals surface area (Å²) < 4.78 is 5.59. The maximum absolute atomic E-state index is 12.4. The van der Waals surface area contributed by atoms with Gasteiger partial charge in [-0.1, -0.05) is 31.4 Å². The highest BCUT2D eigenvalue weighted by molar-refractivity contribution is 5.91. The summed E-state index contributed by atoms with van der Waals surface area (Å²) >= 11 is 0. The van der Waals surface area contributed by atoms with E-state index in [0.717, 1.165) is 42.4 Å². The molecule has 0 spiro atoms. The zero-order valence-corrected chi connectivity index (χ0v) is 17.2. The Kier molecular flexibility index (Phi) is 5.39. The Balaban J connectivity index is 1.51. The lowest BCUT2D eigenvalue weighted by atomic mass is 9.93. The molecule has 5 rings (SSSR count). The Morgan fingerprint density at radius 1 is 1.03 bits per heavy atom. The third-order valence-electron chi connectivity index (χ3n) is 6.13. The number of carbonyl (C=O) groups is 1. The van der Waals surface area contributed by atoms with Crippen LogP contribution in [0.3, 0.4) is 0 Å². The molecule has 3 aromatic rings. The fraction of sp³-hybridized carbons (Fsp3) is 0.458. The van der Waals surface area contributed by atoms with Gasteiger partial charge in [-0.3, -0.25) is 4.79 Å². The lowest BCUT2D eigenvalue weighted by Gasteiger charge is -2.36. The summed E-state index contributed by atoms with van der Waals surface area (Å²) in [4.78, 5) is 24.5. The van der Waals surface area contributed by atoms with Crippen LogP contribution in [-0.2, 0) is 4.79 Å². The van der Waals surface area contributed by atoms with Crippen LogP contribution in [0.1, 0.15) is 51.4 Å². The number of carbonyl (C=O) groups excluding carboxylic acids is 1. The Labute approximate surface area is 176 Å². The highest BCUT2D eigenvalue weighted by atomic mass is 16.3. The van der Waals surface area contributed by atoms with E-state index in [4.69, 9.17) is 14.4 Å². The van der Waals surface area contributed by atoms with Gasteiger partial charge in [0.05, 0.1) is 11.8 Å². The largest absolute Gasteiger partial charge is 0.461 e. The lowest BCUT2D eigenvalue weighted by molar-refractivity contribution is -0.121. The van der Waals surface area contributed by atoms with Gasteiger partial charge in [-0.2, -0.15) is 0 Å². The molecule has 2 aromatic heterocycles. The monoisotopic (exact) mass is 404 g/mol. The standard InChI is InChI=1S/C24H28N4O2/c29-22(25-17-12-13-17)14-15-28(18-7-2-1-3-8-18)24-19-9-4-5-10-20(19)26-23(27-24)21-11-6-16-30-21/h4-6,9-11,16-18H,1-3,7-8,12-15H2,(H,25,29). The third-order valence-corrected chi connectivity index (χ3v) is 6.13. The summed E-state index contributed by atoms with van der Waals surface area (Å²) in [5.41, 5.74) is 0.900. The fourth-order valence-electron chi connectivity index (χ4n) is 4.40. The zero-order valence-electron chi connectivity index (χ0n) is 17.2. The first-order chi connectivity index (χ1) is 14.8. The SMILES string of the molecule is O=C(CCN(c1nc(-c2ccco2)nc2ccccc12)C1CCCCC1)NC1CC1. The van der Waals surface area contributed by atoms with Gasteiger partial charge in [0.15, 0.2) is 11.6 Å². The Morgan fingerprint density at radius 3 is 2.63 bits per heavy atom. The van der Waals surface area contributed by atoms with Crippen LogP contribution in [0.4, 0.5) is 5.82 Å². The van der Waals surface area contributed by atoms with Gasteiger partial charge in [0.2, 0.25) is 5.91 Å². The van der Waals surface area contributed by atoms with E-state index in [9.17, 15) is 4.79 Å². The molecule has 0 atom stereocenters. The summed E-state index contributed by atoms with van der Waals surface area (Å²) in [7, 11) is 0. The first-order valence-corrected chi connectivity index (χ1v) is 11.1. The number of hydrogen-bond donors (Lipinski definition) is 1. The van der Waals surface area contributed by atoms with E-state index in [1.807, 2.05) is 30.3 Å². The summed E-state index contributed by atoms with van der Waals surface area (Å²) in [6, 6.07) is 12.7. The van der Waals surface area contributed by atoms with Gasteiger partial charge in [-0.25, -0.2) is 9.97 Å². The molecule has 6 heteroatoms. The minimum Gasteiger partial charge on any atom is -0.461 e. The van der Waals surface area contributed by atoms with Gasteiger partial charge < -0.3 is 14.6 Å². The van der Waals surface area contributed by atoms with Gasteiger partial charge in [-0.05, 0) is 49.9 Å². The Hall–Kier alpha value is -2.89. The minimum atomic E-state index is 0.142. The van der Waals surface area contributed by atoms with Crippen molar-refractivity contribution in [2.24, 2.45) is 0 Å². The maximum atomic E-state index is 12.4. The van der Waals surface area contributed by atoms with E-state index >= 15 is 0 Å².